The molecule has 44 valence electrons. The van der Waals surface area contributed by atoms with Crippen LogP contribution in [-0.2, 0) is 10.4 Å². The average Bonchev–Trinajstić information content (AvgIpc) is 0.722. The molecule has 0 aromatic heterocycles. The van der Waals surface area contributed by atoms with E-state index < -0.39 is 10.4 Å². The van der Waals surface area contributed by atoms with Gasteiger partial charge in [0.2, 0.25) is 0 Å². The van der Waals surface area contributed by atoms with Crippen molar-refractivity contribution >= 4 is 48.1 Å². The van der Waals surface area contributed by atoms with Crippen molar-refractivity contribution in [2.24, 2.45) is 0 Å². The van der Waals surface area contributed by atoms with E-state index >= 15 is 0 Å². The van der Waals surface area contributed by atoms with Gasteiger partial charge in [-0.15, -0.1) is 0 Å². The van der Waals surface area contributed by atoms with E-state index in [4.69, 9.17) is 17.5 Å². The van der Waals surface area contributed by atoms with Gasteiger partial charge in [0.05, 0.1) is 0 Å². The van der Waals surface area contributed by atoms with E-state index in [0.29, 0.717) is 0 Å². The molecule has 0 heterocycles. The third-order valence-electron chi connectivity index (χ3n) is 0. The van der Waals surface area contributed by atoms with Gasteiger partial charge in [-0.25, -0.2) is 0 Å². The fourth-order valence-electron chi connectivity index (χ4n) is 0. The summed E-state index contributed by atoms with van der Waals surface area (Å²) in [7, 11) is -4.67. The number of hydrogen-bond acceptors (Lipinski definition) is 2. The van der Waals surface area contributed by atoms with Crippen LogP contribution in [0.25, 0.3) is 0 Å². The summed E-state index contributed by atoms with van der Waals surface area (Å²) in [4.78, 5) is 0. The molecule has 0 rings (SSSR count). The number of halogens is 1. The minimum atomic E-state index is -4.67. The van der Waals surface area contributed by atoms with Gasteiger partial charge in [0, 0.05) is 0 Å². The Morgan fingerprint density at radius 3 is 1.14 bits per heavy atom. The van der Waals surface area contributed by atoms with Crippen LogP contribution in [0.1, 0.15) is 0 Å². The molecule has 0 saturated carbocycles. The second-order valence-corrected chi connectivity index (χ2v) is 1.34. The molecule has 7 heavy (non-hydrogen) atoms. The van der Waals surface area contributed by atoms with Crippen molar-refractivity contribution in [1.29, 1.82) is 0 Å². The van der Waals surface area contributed by atoms with E-state index in [9.17, 15) is 0 Å². The molecule has 0 radical (unpaired) electrons. The van der Waals surface area contributed by atoms with Crippen molar-refractivity contribution < 1.29 is 22.2 Å². The van der Waals surface area contributed by atoms with Gasteiger partial charge in [0.25, 0.3) is 0 Å². The van der Waals surface area contributed by atoms with Crippen LogP contribution in [0.4, 0.5) is 4.70 Å². The van der Waals surface area contributed by atoms with Crippen LogP contribution in [0.5, 0.6) is 0 Å². The molecular weight excluding hydrogens is 155 g/mol. The predicted molar refractivity (Wildman–Crippen MR) is 25.2 cm³/mol. The topological polar surface area (TPSA) is 74.6 Å². The Kier molecular flexibility index (Phi) is 11.7. The molecule has 0 atom stereocenters. The van der Waals surface area contributed by atoms with Crippen LogP contribution in [0.15, 0.2) is 0 Å². The van der Waals surface area contributed by atoms with Crippen LogP contribution < -0.4 is 0 Å². The molecule has 0 bridgehead atoms. The first-order valence-electron chi connectivity index (χ1n) is 0.698. The van der Waals surface area contributed by atoms with Crippen LogP contribution in [0.2, 0.25) is 0 Å². The Balaban J connectivity index is -0.0000000800. The first-order chi connectivity index (χ1) is 2.00. The van der Waals surface area contributed by atoms with E-state index in [1.807, 2.05) is 0 Å². The Morgan fingerprint density at radius 1 is 1.14 bits per heavy atom. The predicted octanol–water partition coefficient (Wildman–Crippen LogP) is -1.42. The maximum absolute atomic E-state index is 8.74. The first-order valence-corrected chi connectivity index (χ1v) is 2.10. The van der Waals surface area contributed by atoms with Gasteiger partial charge in [-0.2, -0.15) is 8.42 Å². The Labute approximate surface area is 69.9 Å². The first kappa shape index (κ1) is 15.7. The van der Waals surface area contributed by atoms with E-state index in [1.165, 1.54) is 0 Å². The second-order valence-electron chi connectivity index (χ2n) is 0.448. The van der Waals surface area contributed by atoms with Gasteiger partial charge >= 0.3 is 48.1 Å². The van der Waals surface area contributed by atoms with Gasteiger partial charge < -0.3 is 0 Å². The summed E-state index contributed by atoms with van der Waals surface area (Å²) in [5.41, 5.74) is 0. The summed E-state index contributed by atoms with van der Waals surface area (Å²) < 4.78 is 31.6. The van der Waals surface area contributed by atoms with Gasteiger partial charge in [-0.05, 0) is 0 Å². The third kappa shape index (κ3) is 161. The Hall–Kier alpha value is 1.06. The molecule has 0 aliphatic heterocycles. The standard InChI is InChI=1S/Ca.FH.H2O4S.2H/c;;1-5(2,3)4;;/h;1H;(H2,1,2,3,4);;. The van der Waals surface area contributed by atoms with Crippen molar-refractivity contribution in [2.75, 3.05) is 0 Å². The van der Waals surface area contributed by atoms with Gasteiger partial charge in [0.15, 0.2) is 0 Å². The van der Waals surface area contributed by atoms with Crippen molar-refractivity contribution in [2.45, 2.75) is 0 Å². The SMILES string of the molecule is F.O=S(=O)(O)O.[CaH2]. The Bertz CT molecular complexity index is 94.9. The fourth-order valence-corrected chi connectivity index (χ4v) is 0. The molecule has 0 aromatic carbocycles. The maximum atomic E-state index is 8.74. The zero-order chi connectivity index (χ0) is 4.50. The molecule has 2 N–H and O–H groups in total. The fraction of sp³-hybridized carbons (Fsp3) is 0. The summed E-state index contributed by atoms with van der Waals surface area (Å²) in [6, 6.07) is 0. The van der Waals surface area contributed by atoms with Crippen LogP contribution >= 0.6 is 0 Å². The molecular formula is H5CaFO4S. The number of rotatable bonds is 0. The average molecular weight is 160 g/mol. The van der Waals surface area contributed by atoms with Crippen LogP contribution in [0, 0.1) is 0 Å². The summed E-state index contributed by atoms with van der Waals surface area (Å²) in [6.07, 6.45) is 0. The Morgan fingerprint density at radius 2 is 1.14 bits per heavy atom. The molecule has 0 saturated heterocycles. The van der Waals surface area contributed by atoms with E-state index in [2.05, 4.69) is 0 Å². The third-order valence-corrected chi connectivity index (χ3v) is 0. The van der Waals surface area contributed by atoms with Gasteiger partial charge in [-0.3, -0.25) is 13.8 Å². The quantitative estimate of drug-likeness (QED) is 0.337. The summed E-state index contributed by atoms with van der Waals surface area (Å²) in [6.45, 7) is 0. The molecule has 0 aromatic rings. The van der Waals surface area contributed by atoms with Crippen molar-refractivity contribution in [1.82, 2.24) is 0 Å². The molecule has 7 heteroatoms. The van der Waals surface area contributed by atoms with Crippen LogP contribution in [-0.4, -0.2) is 55.3 Å². The van der Waals surface area contributed by atoms with E-state index in [0.717, 1.165) is 0 Å². The molecule has 0 amide bonds. The van der Waals surface area contributed by atoms with Crippen molar-refractivity contribution in [3.63, 3.8) is 0 Å². The summed E-state index contributed by atoms with van der Waals surface area (Å²) in [5, 5.41) is 0. The number of hydrogen-bond donors (Lipinski definition) is 2. The summed E-state index contributed by atoms with van der Waals surface area (Å²) in [5.74, 6) is 0. The molecule has 0 aliphatic rings. The van der Waals surface area contributed by atoms with E-state index in [1.54, 1.807) is 0 Å². The zero-order valence-corrected chi connectivity index (χ0v) is 3.34. The molecule has 4 nitrogen and oxygen atoms in total. The molecule has 0 spiro atoms. The zero-order valence-electron chi connectivity index (χ0n) is 2.53. The van der Waals surface area contributed by atoms with E-state index in [-0.39, 0.29) is 42.4 Å². The molecule has 0 aliphatic carbocycles. The van der Waals surface area contributed by atoms with Crippen molar-refractivity contribution in [3.8, 4) is 0 Å². The van der Waals surface area contributed by atoms with Gasteiger partial charge in [0.1, 0.15) is 0 Å². The second kappa shape index (κ2) is 5.20. The van der Waals surface area contributed by atoms with Crippen LogP contribution in [0.3, 0.4) is 0 Å². The normalized spacial score (nSPS) is 8.29. The monoisotopic (exact) mass is 160 g/mol. The van der Waals surface area contributed by atoms with Crippen molar-refractivity contribution in [3.05, 3.63) is 0 Å². The molecule has 0 fully saturated rings. The van der Waals surface area contributed by atoms with Gasteiger partial charge in [-0.1, -0.05) is 0 Å². The molecule has 0 unspecified atom stereocenters. The summed E-state index contributed by atoms with van der Waals surface area (Å²) >= 11 is 0. The minimum absolute atomic E-state index is 0.